The number of hydrogen-bond acceptors (Lipinski definition) is 4. The molecule has 0 fully saturated rings. The van der Waals surface area contributed by atoms with Crippen LogP contribution in [0, 0.1) is 6.92 Å². The predicted octanol–water partition coefficient (Wildman–Crippen LogP) is 3.30. The van der Waals surface area contributed by atoms with E-state index in [1.54, 1.807) is 7.11 Å². The average Bonchev–Trinajstić information content (AvgIpc) is 2.54. The van der Waals surface area contributed by atoms with Crippen molar-refractivity contribution in [3.8, 4) is 11.5 Å². The maximum Gasteiger partial charge on any atom is 0.277 e. The lowest BCUT2D eigenvalue weighted by molar-refractivity contribution is -0.123. The number of methoxy groups -OCH3 is 1. The molecule has 2 aromatic carbocycles. The summed E-state index contributed by atoms with van der Waals surface area (Å²) in [5.41, 5.74) is 4.30. The number of rotatable bonds is 6. The van der Waals surface area contributed by atoms with E-state index < -0.39 is 0 Å². The van der Waals surface area contributed by atoms with Crippen molar-refractivity contribution in [1.82, 2.24) is 5.43 Å². The first-order valence-electron chi connectivity index (χ1n) is 6.94. The highest BCUT2D eigenvalue weighted by Gasteiger charge is 2.05. The molecular weight excluding hydrogens is 360 g/mol. The molecule has 1 N–H and O–H groups in total. The first-order chi connectivity index (χ1) is 11.1. The van der Waals surface area contributed by atoms with Crippen molar-refractivity contribution in [2.24, 2.45) is 5.10 Å². The van der Waals surface area contributed by atoms with Crippen molar-refractivity contribution in [3.05, 3.63) is 58.1 Å². The van der Waals surface area contributed by atoms with Gasteiger partial charge in [-0.1, -0.05) is 18.2 Å². The molecule has 0 spiro atoms. The van der Waals surface area contributed by atoms with E-state index in [2.05, 4.69) is 26.5 Å². The third kappa shape index (κ3) is 5.10. The van der Waals surface area contributed by atoms with Gasteiger partial charge in [0.2, 0.25) is 0 Å². The Morgan fingerprint density at radius 3 is 2.78 bits per heavy atom. The van der Waals surface area contributed by atoms with Gasteiger partial charge in [-0.3, -0.25) is 4.79 Å². The molecule has 120 valence electrons. The number of hydrazone groups is 1. The molecule has 0 saturated heterocycles. The van der Waals surface area contributed by atoms with Gasteiger partial charge in [-0.2, -0.15) is 5.10 Å². The van der Waals surface area contributed by atoms with E-state index in [9.17, 15) is 4.79 Å². The smallest absolute Gasteiger partial charge is 0.277 e. The van der Waals surface area contributed by atoms with Crippen molar-refractivity contribution in [2.45, 2.75) is 6.92 Å². The number of amides is 1. The molecule has 5 nitrogen and oxygen atoms in total. The number of nitrogens with zero attached hydrogens (tertiary/aromatic N) is 1. The number of benzene rings is 2. The molecule has 0 aliphatic rings. The van der Waals surface area contributed by atoms with Gasteiger partial charge in [0.25, 0.3) is 5.91 Å². The van der Waals surface area contributed by atoms with Crippen LogP contribution in [-0.2, 0) is 4.79 Å². The summed E-state index contributed by atoms with van der Waals surface area (Å²) in [6.45, 7) is 1.86. The van der Waals surface area contributed by atoms with E-state index in [1.807, 2.05) is 49.4 Å². The summed E-state index contributed by atoms with van der Waals surface area (Å²) >= 11 is 3.40. The molecule has 6 heteroatoms. The standard InChI is InChI=1S/C17H17BrN2O3/c1-12-7-8-16(14(18)9-12)23-11-17(21)20-19-10-13-5-3-4-6-15(13)22-2/h3-10H,11H2,1-2H3,(H,20,21). The van der Waals surface area contributed by atoms with E-state index >= 15 is 0 Å². The third-order valence-corrected chi connectivity index (χ3v) is 3.60. The van der Waals surface area contributed by atoms with Gasteiger partial charge >= 0.3 is 0 Å². The number of carbonyl (C=O) groups is 1. The van der Waals surface area contributed by atoms with Crippen LogP contribution in [0.3, 0.4) is 0 Å². The van der Waals surface area contributed by atoms with E-state index in [0.29, 0.717) is 11.5 Å². The van der Waals surface area contributed by atoms with E-state index in [0.717, 1.165) is 15.6 Å². The lowest BCUT2D eigenvalue weighted by Crippen LogP contribution is -2.24. The molecule has 2 rings (SSSR count). The van der Waals surface area contributed by atoms with Crippen molar-refractivity contribution >= 4 is 28.1 Å². The minimum atomic E-state index is -0.344. The van der Waals surface area contributed by atoms with Crippen LogP contribution in [-0.4, -0.2) is 25.8 Å². The number of halogens is 1. The van der Waals surface area contributed by atoms with Gasteiger partial charge in [0.1, 0.15) is 11.5 Å². The first kappa shape index (κ1) is 17.0. The molecule has 0 radical (unpaired) electrons. The molecule has 0 atom stereocenters. The summed E-state index contributed by atoms with van der Waals surface area (Å²) in [4.78, 5) is 11.7. The molecule has 0 bridgehead atoms. The molecule has 0 aromatic heterocycles. The molecule has 1 amide bonds. The van der Waals surface area contributed by atoms with Gasteiger partial charge < -0.3 is 9.47 Å². The van der Waals surface area contributed by atoms with Crippen molar-refractivity contribution in [1.29, 1.82) is 0 Å². The van der Waals surface area contributed by atoms with Crippen molar-refractivity contribution < 1.29 is 14.3 Å². The van der Waals surface area contributed by atoms with Crippen LogP contribution in [0.5, 0.6) is 11.5 Å². The Bertz CT molecular complexity index is 717. The first-order valence-corrected chi connectivity index (χ1v) is 7.73. The van der Waals surface area contributed by atoms with Crippen LogP contribution in [0.25, 0.3) is 0 Å². The summed E-state index contributed by atoms with van der Waals surface area (Å²) in [5.74, 6) is 0.952. The maximum absolute atomic E-state index is 11.7. The van der Waals surface area contributed by atoms with Gasteiger partial charge in [-0.15, -0.1) is 0 Å². The third-order valence-electron chi connectivity index (χ3n) is 2.98. The molecule has 0 unspecified atom stereocenters. The fraction of sp³-hybridized carbons (Fsp3) is 0.176. The van der Waals surface area contributed by atoms with Crippen LogP contribution in [0.1, 0.15) is 11.1 Å². The van der Waals surface area contributed by atoms with Gasteiger partial charge in [0, 0.05) is 5.56 Å². The van der Waals surface area contributed by atoms with Gasteiger partial charge in [0.05, 0.1) is 17.8 Å². The van der Waals surface area contributed by atoms with Crippen molar-refractivity contribution in [2.75, 3.05) is 13.7 Å². The molecular formula is C17H17BrN2O3. The largest absolute Gasteiger partial charge is 0.496 e. The summed E-state index contributed by atoms with van der Waals surface area (Å²) in [7, 11) is 1.58. The van der Waals surface area contributed by atoms with E-state index in [4.69, 9.17) is 9.47 Å². The molecule has 0 aliphatic heterocycles. The molecule has 0 saturated carbocycles. The average molecular weight is 377 g/mol. The lowest BCUT2D eigenvalue weighted by atomic mass is 10.2. The minimum Gasteiger partial charge on any atom is -0.496 e. The van der Waals surface area contributed by atoms with Crippen LogP contribution < -0.4 is 14.9 Å². The number of hydrogen-bond donors (Lipinski definition) is 1. The molecule has 2 aromatic rings. The second-order valence-electron chi connectivity index (χ2n) is 4.76. The van der Waals surface area contributed by atoms with Gasteiger partial charge in [0.15, 0.2) is 6.61 Å². The Labute approximate surface area is 143 Å². The van der Waals surface area contributed by atoms with E-state index in [-0.39, 0.29) is 12.5 Å². The SMILES string of the molecule is COc1ccccc1C=NNC(=O)COc1ccc(C)cc1Br. The van der Waals surface area contributed by atoms with Crippen LogP contribution in [0.15, 0.2) is 52.0 Å². The fourth-order valence-corrected chi connectivity index (χ4v) is 2.45. The summed E-state index contributed by atoms with van der Waals surface area (Å²) in [5, 5.41) is 3.90. The Morgan fingerprint density at radius 2 is 2.04 bits per heavy atom. The quantitative estimate of drug-likeness (QED) is 0.621. The highest BCUT2D eigenvalue weighted by molar-refractivity contribution is 9.10. The molecule has 23 heavy (non-hydrogen) atoms. The number of para-hydroxylation sites is 1. The zero-order valence-electron chi connectivity index (χ0n) is 12.9. The lowest BCUT2D eigenvalue weighted by Gasteiger charge is -2.07. The normalized spacial score (nSPS) is 10.6. The number of aryl methyl sites for hydroxylation is 1. The van der Waals surface area contributed by atoms with Crippen LogP contribution in [0.2, 0.25) is 0 Å². The molecule has 0 heterocycles. The highest BCUT2D eigenvalue weighted by atomic mass is 79.9. The predicted molar refractivity (Wildman–Crippen MR) is 93.1 cm³/mol. The Hall–Kier alpha value is -2.34. The summed E-state index contributed by atoms with van der Waals surface area (Å²) < 4.78 is 11.4. The zero-order chi connectivity index (χ0) is 16.7. The second kappa shape index (κ2) is 8.33. The Balaban J connectivity index is 1.86. The van der Waals surface area contributed by atoms with Crippen molar-refractivity contribution in [3.63, 3.8) is 0 Å². The number of ether oxygens (including phenoxy) is 2. The van der Waals surface area contributed by atoms with Gasteiger partial charge in [-0.25, -0.2) is 5.43 Å². The number of carbonyl (C=O) groups excluding carboxylic acids is 1. The highest BCUT2D eigenvalue weighted by Crippen LogP contribution is 2.25. The number of nitrogens with one attached hydrogen (secondary N) is 1. The van der Waals surface area contributed by atoms with Crippen LogP contribution >= 0.6 is 15.9 Å². The summed E-state index contributed by atoms with van der Waals surface area (Å²) in [6.07, 6.45) is 1.53. The minimum absolute atomic E-state index is 0.120. The second-order valence-corrected chi connectivity index (χ2v) is 5.61. The van der Waals surface area contributed by atoms with Gasteiger partial charge in [-0.05, 0) is 52.7 Å². The summed E-state index contributed by atoms with van der Waals surface area (Å²) in [6, 6.07) is 13.0. The van der Waals surface area contributed by atoms with Crippen LogP contribution in [0.4, 0.5) is 0 Å². The Kier molecular flexibility index (Phi) is 6.17. The monoisotopic (exact) mass is 376 g/mol. The molecule has 0 aliphatic carbocycles. The zero-order valence-corrected chi connectivity index (χ0v) is 14.5. The topological polar surface area (TPSA) is 59.9 Å². The van der Waals surface area contributed by atoms with E-state index in [1.165, 1.54) is 6.21 Å². The fourth-order valence-electron chi connectivity index (χ4n) is 1.85. The Morgan fingerprint density at radius 1 is 1.26 bits per heavy atom. The maximum atomic E-state index is 11.7.